The first-order valence-corrected chi connectivity index (χ1v) is 9.37. The summed E-state index contributed by atoms with van der Waals surface area (Å²) >= 11 is 0. The van der Waals surface area contributed by atoms with Gasteiger partial charge in [-0.1, -0.05) is 18.2 Å². The van der Waals surface area contributed by atoms with E-state index in [1.807, 2.05) is 72.4 Å². The number of amides is 1. The van der Waals surface area contributed by atoms with Crippen LogP contribution in [0.5, 0.6) is 5.75 Å². The van der Waals surface area contributed by atoms with Crippen LogP contribution < -0.4 is 15.8 Å². The molecule has 1 heterocycles. The quantitative estimate of drug-likeness (QED) is 0.631. The van der Waals surface area contributed by atoms with Crippen LogP contribution in [0.15, 0.2) is 60.8 Å². The zero-order chi connectivity index (χ0) is 19.9. The van der Waals surface area contributed by atoms with Crippen LogP contribution >= 0.6 is 0 Å². The molecule has 0 aliphatic rings. The van der Waals surface area contributed by atoms with E-state index in [9.17, 15) is 4.79 Å². The summed E-state index contributed by atoms with van der Waals surface area (Å²) in [7, 11) is 1.64. The van der Waals surface area contributed by atoms with E-state index >= 15 is 0 Å². The average Bonchev–Trinajstić information content (AvgIpc) is 3.12. The molecule has 3 N–H and O–H groups in total. The highest BCUT2D eigenvalue weighted by Crippen LogP contribution is 2.26. The van der Waals surface area contributed by atoms with Gasteiger partial charge in [-0.3, -0.25) is 4.79 Å². The number of nitrogens with one attached hydrogen (secondary N) is 1. The summed E-state index contributed by atoms with van der Waals surface area (Å²) in [5.41, 5.74) is 9.29. The van der Waals surface area contributed by atoms with Crippen LogP contribution in [0.4, 0.5) is 0 Å². The molecule has 1 amide bonds. The smallest absolute Gasteiger partial charge is 0.224 e. The van der Waals surface area contributed by atoms with Gasteiger partial charge in [0.1, 0.15) is 5.75 Å². The Kier molecular flexibility index (Phi) is 6.45. The second-order valence-electron chi connectivity index (χ2n) is 6.80. The third-order valence-electron chi connectivity index (χ3n) is 4.45. The highest BCUT2D eigenvalue weighted by atomic mass is 16.5. The number of rotatable bonds is 8. The van der Waals surface area contributed by atoms with E-state index in [1.165, 1.54) is 0 Å². The van der Waals surface area contributed by atoms with Gasteiger partial charge in [-0.15, -0.1) is 0 Å². The Morgan fingerprint density at radius 1 is 1.18 bits per heavy atom. The summed E-state index contributed by atoms with van der Waals surface area (Å²) < 4.78 is 7.05. The number of hydrogen-bond acceptors (Lipinski definition) is 4. The van der Waals surface area contributed by atoms with Crippen LogP contribution in [0, 0.1) is 0 Å². The summed E-state index contributed by atoms with van der Waals surface area (Å²) in [6.07, 6.45) is 2.92. The summed E-state index contributed by atoms with van der Waals surface area (Å²) in [6, 6.07) is 17.6. The maximum atomic E-state index is 12.4. The highest BCUT2D eigenvalue weighted by molar-refractivity contribution is 5.81. The Balaban J connectivity index is 1.87. The van der Waals surface area contributed by atoms with Gasteiger partial charge in [0.25, 0.3) is 0 Å². The minimum atomic E-state index is -0.0389. The fraction of sp³-hybridized carbons (Fsp3) is 0.273. The molecule has 0 spiro atoms. The fourth-order valence-corrected chi connectivity index (χ4v) is 2.92. The fourth-order valence-electron chi connectivity index (χ4n) is 2.92. The number of benzene rings is 2. The standard InChI is InChI=1S/C22H26N4O2/c1-16(23)12-13-24-21(27)14-18-15-26(19-6-4-3-5-7-19)25-22(18)17-8-10-20(28-2)11-9-17/h3-11,15-16H,12-14,23H2,1-2H3,(H,24,27). The van der Waals surface area contributed by atoms with Crippen LogP contribution in [-0.4, -0.2) is 35.4 Å². The molecule has 3 aromatic rings. The molecule has 6 nitrogen and oxygen atoms in total. The lowest BCUT2D eigenvalue weighted by molar-refractivity contribution is -0.120. The first-order valence-electron chi connectivity index (χ1n) is 9.37. The maximum absolute atomic E-state index is 12.4. The van der Waals surface area contributed by atoms with Gasteiger partial charge in [-0.2, -0.15) is 5.10 Å². The number of para-hydroxylation sites is 1. The van der Waals surface area contributed by atoms with Crippen LogP contribution in [-0.2, 0) is 11.2 Å². The largest absolute Gasteiger partial charge is 0.497 e. The van der Waals surface area contributed by atoms with Crippen LogP contribution in [0.2, 0.25) is 0 Å². The molecule has 0 saturated carbocycles. The minimum Gasteiger partial charge on any atom is -0.497 e. The van der Waals surface area contributed by atoms with Gasteiger partial charge < -0.3 is 15.8 Å². The van der Waals surface area contributed by atoms with Crippen molar-refractivity contribution in [2.45, 2.75) is 25.8 Å². The lowest BCUT2D eigenvalue weighted by Crippen LogP contribution is -2.30. The summed E-state index contributed by atoms with van der Waals surface area (Å²) in [4.78, 5) is 12.4. The van der Waals surface area contributed by atoms with E-state index in [0.29, 0.717) is 6.54 Å². The zero-order valence-electron chi connectivity index (χ0n) is 16.3. The number of ether oxygens (including phenoxy) is 1. The molecular weight excluding hydrogens is 352 g/mol. The first kappa shape index (κ1) is 19.6. The van der Waals surface area contributed by atoms with E-state index < -0.39 is 0 Å². The monoisotopic (exact) mass is 378 g/mol. The van der Waals surface area contributed by atoms with E-state index in [4.69, 9.17) is 15.6 Å². The number of carbonyl (C=O) groups excluding carboxylic acids is 1. The van der Waals surface area contributed by atoms with Gasteiger partial charge in [0.05, 0.1) is 24.9 Å². The van der Waals surface area contributed by atoms with Gasteiger partial charge in [-0.25, -0.2) is 4.68 Å². The Morgan fingerprint density at radius 2 is 1.89 bits per heavy atom. The zero-order valence-corrected chi connectivity index (χ0v) is 16.3. The number of carbonyl (C=O) groups is 1. The molecule has 0 fully saturated rings. The van der Waals surface area contributed by atoms with Crippen molar-refractivity contribution in [2.75, 3.05) is 13.7 Å². The SMILES string of the molecule is COc1ccc(-c2nn(-c3ccccc3)cc2CC(=O)NCCC(C)N)cc1. The Morgan fingerprint density at radius 3 is 2.54 bits per heavy atom. The molecule has 28 heavy (non-hydrogen) atoms. The molecule has 0 radical (unpaired) electrons. The lowest BCUT2D eigenvalue weighted by atomic mass is 10.1. The van der Waals surface area contributed by atoms with Crippen molar-refractivity contribution in [1.29, 1.82) is 0 Å². The predicted octanol–water partition coefficient (Wildman–Crippen LogP) is 2.94. The van der Waals surface area contributed by atoms with Crippen LogP contribution in [0.25, 0.3) is 16.9 Å². The van der Waals surface area contributed by atoms with Gasteiger partial charge in [0.2, 0.25) is 5.91 Å². The minimum absolute atomic E-state index is 0.0389. The van der Waals surface area contributed by atoms with Crippen molar-refractivity contribution < 1.29 is 9.53 Å². The third-order valence-corrected chi connectivity index (χ3v) is 4.45. The van der Waals surface area contributed by atoms with Gasteiger partial charge in [0.15, 0.2) is 0 Å². The van der Waals surface area contributed by atoms with Crippen molar-refractivity contribution in [3.05, 3.63) is 66.4 Å². The topological polar surface area (TPSA) is 82.2 Å². The summed E-state index contributed by atoms with van der Waals surface area (Å²) in [5, 5.41) is 7.68. The van der Waals surface area contributed by atoms with E-state index in [-0.39, 0.29) is 18.4 Å². The number of nitrogens with zero attached hydrogens (tertiary/aromatic N) is 2. The first-order chi connectivity index (χ1) is 13.6. The molecule has 0 aliphatic heterocycles. The molecule has 0 saturated heterocycles. The Hall–Kier alpha value is -3.12. The molecule has 2 aromatic carbocycles. The van der Waals surface area contributed by atoms with E-state index in [1.54, 1.807) is 7.11 Å². The highest BCUT2D eigenvalue weighted by Gasteiger charge is 2.15. The Labute approximate surface area is 165 Å². The van der Waals surface area contributed by atoms with Crippen molar-refractivity contribution in [3.63, 3.8) is 0 Å². The predicted molar refractivity (Wildman–Crippen MR) is 111 cm³/mol. The molecule has 3 rings (SSSR count). The van der Waals surface area contributed by atoms with Crippen molar-refractivity contribution in [1.82, 2.24) is 15.1 Å². The van der Waals surface area contributed by atoms with Gasteiger partial charge in [-0.05, 0) is 49.7 Å². The van der Waals surface area contributed by atoms with Crippen LogP contribution in [0.3, 0.4) is 0 Å². The second-order valence-corrected chi connectivity index (χ2v) is 6.80. The molecule has 1 atom stereocenters. The Bertz CT molecular complexity index is 902. The lowest BCUT2D eigenvalue weighted by Gasteiger charge is -2.07. The number of nitrogens with two attached hydrogens (primary N) is 1. The van der Waals surface area contributed by atoms with Crippen molar-refractivity contribution in [3.8, 4) is 22.7 Å². The molecule has 6 heteroatoms. The third kappa shape index (κ3) is 4.98. The summed E-state index contributed by atoms with van der Waals surface area (Å²) in [5.74, 6) is 0.740. The van der Waals surface area contributed by atoms with Crippen molar-refractivity contribution >= 4 is 5.91 Å². The molecule has 1 unspecified atom stereocenters. The second kappa shape index (κ2) is 9.19. The number of aromatic nitrogens is 2. The average molecular weight is 378 g/mol. The van der Waals surface area contributed by atoms with Gasteiger partial charge >= 0.3 is 0 Å². The molecule has 0 aliphatic carbocycles. The molecule has 0 bridgehead atoms. The number of hydrogen-bond donors (Lipinski definition) is 2. The van der Waals surface area contributed by atoms with E-state index in [2.05, 4.69) is 5.32 Å². The normalized spacial score (nSPS) is 11.8. The summed E-state index contributed by atoms with van der Waals surface area (Å²) in [6.45, 7) is 2.50. The van der Waals surface area contributed by atoms with E-state index in [0.717, 1.165) is 34.7 Å². The van der Waals surface area contributed by atoms with Crippen molar-refractivity contribution in [2.24, 2.45) is 5.73 Å². The molecule has 1 aromatic heterocycles. The van der Waals surface area contributed by atoms with Crippen LogP contribution in [0.1, 0.15) is 18.9 Å². The number of methoxy groups -OCH3 is 1. The van der Waals surface area contributed by atoms with Gasteiger partial charge in [0, 0.05) is 29.9 Å². The maximum Gasteiger partial charge on any atom is 0.224 e. The molecular formula is C22H26N4O2. The molecule has 146 valence electrons.